The number of nitrogens with zero attached hydrogens (tertiary/aromatic N) is 3. The van der Waals surface area contributed by atoms with Gasteiger partial charge in [-0.25, -0.2) is 4.79 Å². The Kier molecular flexibility index (Phi) is 7.55. The average molecular weight is 514 g/mol. The summed E-state index contributed by atoms with van der Waals surface area (Å²) in [5.41, 5.74) is 4.38. The summed E-state index contributed by atoms with van der Waals surface area (Å²) in [4.78, 5) is 17.2. The molecule has 3 aromatic rings. The second-order valence-corrected chi connectivity index (χ2v) is 11.4. The molecule has 0 radical (unpaired) electrons. The first kappa shape index (κ1) is 26.4. The summed E-state index contributed by atoms with van der Waals surface area (Å²) < 4.78 is 1.29. The number of aromatic nitrogens is 1. The maximum Gasteiger partial charge on any atom is 0.353 e. The second kappa shape index (κ2) is 10.9. The van der Waals surface area contributed by atoms with Gasteiger partial charge in [0.25, 0.3) is 0 Å². The van der Waals surface area contributed by atoms with Gasteiger partial charge >= 0.3 is 5.91 Å². The molecule has 38 heavy (non-hydrogen) atoms. The van der Waals surface area contributed by atoms with Crippen molar-refractivity contribution in [1.29, 1.82) is 0 Å². The highest BCUT2D eigenvalue weighted by molar-refractivity contribution is 5.91. The highest BCUT2D eigenvalue weighted by Gasteiger charge is 2.56. The van der Waals surface area contributed by atoms with E-state index < -0.39 is 0 Å². The Bertz CT molecular complexity index is 1250. The van der Waals surface area contributed by atoms with Gasteiger partial charge in [-0.05, 0) is 37.1 Å². The van der Waals surface area contributed by atoms with E-state index in [9.17, 15) is 10.0 Å². The minimum Gasteiger partial charge on any atom is -0.618 e. The van der Waals surface area contributed by atoms with Crippen LogP contribution in [0, 0.1) is 19.1 Å². The zero-order valence-electron chi connectivity index (χ0n) is 23.0. The first-order chi connectivity index (χ1) is 18.3. The van der Waals surface area contributed by atoms with Gasteiger partial charge in [0.05, 0.1) is 13.1 Å². The van der Waals surface area contributed by atoms with Crippen LogP contribution in [0.1, 0.15) is 59.8 Å². The number of quaternary nitrogens is 1. The molecule has 0 saturated carbocycles. The Hall–Kier alpha value is -3.22. The summed E-state index contributed by atoms with van der Waals surface area (Å²) in [5, 5.41) is 16.1. The van der Waals surface area contributed by atoms with E-state index in [0.717, 1.165) is 68.7 Å². The number of carbonyl (C=O) groups is 1. The van der Waals surface area contributed by atoms with Crippen molar-refractivity contribution in [2.75, 3.05) is 31.1 Å². The molecule has 0 spiro atoms. The molecule has 5 rings (SSSR count). The van der Waals surface area contributed by atoms with Crippen LogP contribution in [-0.2, 0) is 6.54 Å². The maximum absolute atomic E-state index is 14.6. The van der Waals surface area contributed by atoms with Crippen molar-refractivity contribution in [2.24, 2.45) is 0 Å². The van der Waals surface area contributed by atoms with E-state index in [0.29, 0.717) is 21.8 Å². The molecule has 2 fully saturated rings. The quantitative estimate of drug-likeness (QED) is 0.289. The predicted octanol–water partition coefficient (Wildman–Crippen LogP) is 4.91. The predicted molar refractivity (Wildman–Crippen MR) is 152 cm³/mol. The number of aryl methyl sites for hydroxylation is 1. The van der Waals surface area contributed by atoms with Gasteiger partial charge in [0.2, 0.25) is 5.69 Å². The lowest BCUT2D eigenvalue weighted by molar-refractivity contribution is -0.906. The maximum atomic E-state index is 14.6. The largest absolute Gasteiger partial charge is 0.618 e. The first-order valence-electron chi connectivity index (χ1n) is 14.0. The van der Waals surface area contributed by atoms with Crippen LogP contribution in [0.15, 0.2) is 72.9 Å². The number of carbonyl (C=O) groups excluding carboxylic acids is 1. The molecule has 0 bridgehead atoms. The zero-order valence-corrected chi connectivity index (χ0v) is 23.0. The summed E-state index contributed by atoms with van der Waals surface area (Å²) in [7, 11) is 0. The number of anilines is 1. The number of rotatable bonds is 6. The fourth-order valence-corrected chi connectivity index (χ4v) is 6.83. The number of likely N-dealkylation sites (tertiary alicyclic amines) is 1. The van der Waals surface area contributed by atoms with Gasteiger partial charge in [0.1, 0.15) is 11.1 Å². The molecule has 6 heteroatoms. The van der Waals surface area contributed by atoms with E-state index in [2.05, 4.69) is 77.8 Å². The monoisotopic (exact) mass is 513 g/mol. The molecule has 2 aliphatic heterocycles. The molecule has 0 aliphatic carbocycles. The third kappa shape index (κ3) is 4.83. The normalized spacial score (nSPS) is 23.1. The van der Waals surface area contributed by atoms with E-state index >= 15 is 0 Å². The molecule has 2 aromatic carbocycles. The van der Waals surface area contributed by atoms with E-state index in [4.69, 9.17) is 0 Å². The highest BCUT2D eigenvalue weighted by Crippen LogP contribution is 2.41. The molecule has 3 heterocycles. The van der Waals surface area contributed by atoms with Gasteiger partial charge in [-0.3, -0.25) is 4.48 Å². The fraction of sp³-hybridized carbons (Fsp3) is 0.438. The summed E-state index contributed by atoms with van der Waals surface area (Å²) in [6.07, 6.45) is 5.29. The molecule has 0 unspecified atom stereocenters. The van der Waals surface area contributed by atoms with Crippen LogP contribution < -0.4 is 14.9 Å². The minimum atomic E-state index is -0.160. The van der Waals surface area contributed by atoms with Gasteiger partial charge < -0.3 is 15.4 Å². The lowest BCUT2D eigenvalue weighted by Gasteiger charge is -2.55. The van der Waals surface area contributed by atoms with Crippen molar-refractivity contribution >= 4 is 11.6 Å². The standard InChI is InChI=1S/C32H41N4O2/c1-25-14-21-35(38)26(2)30(25)31(37)36(32(3)17-19-33-20-18-32)22-15-29(16-23-36)34(28-12-8-5-9-13-28)24-27-10-6-4-7-11-27/h4-14,21,29,33H,15-20,22-24H2,1-3H3/q+1. The van der Waals surface area contributed by atoms with Crippen molar-refractivity contribution in [1.82, 2.24) is 5.32 Å². The zero-order chi connectivity index (χ0) is 26.8. The molecular weight excluding hydrogens is 472 g/mol. The van der Waals surface area contributed by atoms with Crippen LogP contribution in [0.2, 0.25) is 0 Å². The van der Waals surface area contributed by atoms with Gasteiger partial charge in [0, 0.05) is 70.0 Å². The molecule has 0 atom stereocenters. The van der Waals surface area contributed by atoms with E-state index in [1.807, 2.05) is 6.92 Å². The van der Waals surface area contributed by atoms with Crippen LogP contribution in [0.5, 0.6) is 0 Å². The second-order valence-electron chi connectivity index (χ2n) is 11.4. The lowest BCUT2D eigenvalue weighted by atomic mass is 9.81. The smallest absolute Gasteiger partial charge is 0.353 e. The molecule has 6 nitrogen and oxygen atoms in total. The topological polar surface area (TPSA) is 59.3 Å². The van der Waals surface area contributed by atoms with Crippen molar-refractivity contribution in [3.63, 3.8) is 0 Å². The van der Waals surface area contributed by atoms with E-state index in [1.54, 1.807) is 13.0 Å². The molecule has 1 N–H and O–H groups in total. The summed E-state index contributed by atoms with van der Waals surface area (Å²) in [6.45, 7) is 10.3. The molecule has 2 aliphatic rings. The number of piperidine rings is 2. The number of amides is 1. The van der Waals surface area contributed by atoms with Gasteiger partial charge in [0.15, 0.2) is 6.20 Å². The summed E-state index contributed by atoms with van der Waals surface area (Å²) >= 11 is 0. The van der Waals surface area contributed by atoms with Crippen LogP contribution in [0.25, 0.3) is 0 Å². The molecule has 1 amide bonds. The van der Waals surface area contributed by atoms with Crippen LogP contribution >= 0.6 is 0 Å². The Morgan fingerprint density at radius 2 is 1.61 bits per heavy atom. The number of para-hydroxylation sites is 1. The van der Waals surface area contributed by atoms with Crippen molar-refractivity contribution < 1.29 is 14.0 Å². The Balaban J connectivity index is 1.49. The number of hydrogen-bond acceptors (Lipinski definition) is 4. The highest BCUT2D eigenvalue weighted by atomic mass is 16.5. The third-order valence-corrected chi connectivity index (χ3v) is 9.28. The molecule has 2 saturated heterocycles. The first-order valence-corrected chi connectivity index (χ1v) is 14.0. The van der Waals surface area contributed by atoms with Crippen molar-refractivity contribution in [3.05, 3.63) is 101 Å². The summed E-state index contributed by atoms with van der Waals surface area (Å²) in [6, 6.07) is 23.5. The Labute approximate surface area is 227 Å². The summed E-state index contributed by atoms with van der Waals surface area (Å²) in [5.74, 6) is 0.127. The van der Waals surface area contributed by atoms with Gasteiger partial charge in [-0.2, -0.15) is 4.73 Å². The lowest BCUT2D eigenvalue weighted by Crippen LogP contribution is -2.72. The van der Waals surface area contributed by atoms with Crippen LogP contribution in [0.4, 0.5) is 5.69 Å². The van der Waals surface area contributed by atoms with Gasteiger partial charge in [-0.15, -0.1) is 0 Å². The number of nitrogens with one attached hydrogen (secondary N) is 1. The minimum absolute atomic E-state index is 0.127. The fourth-order valence-electron chi connectivity index (χ4n) is 6.83. The van der Waals surface area contributed by atoms with Crippen molar-refractivity contribution in [2.45, 2.75) is 64.6 Å². The number of hydrogen-bond donors (Lipinski definition) is 1. The molecule has 1 aromatic heterocycles. The van der Waals surface area contributed by atoms with Gasteiger partial charge in [-0.1, -0.05) is 48.5 Å². The number of benzene rings is 2. The van der Waals surface area contributed by atoms with Crippen LogP contribution in [-0.4, -0.2) is 48.2 Å². The average Bonchev–Trinajstić information content (AvgIpc) is 2.95. The third-order valence-electron chi connectivity index (χ3n) is 9.28. The SMILES string of the molecule is Cc1cc[n+]([O-])c(C)c1C(=O)[N+]1(C2(C)CCNCC2)CCC(N(Cc2ccccc2)c2ccccc2)CC1. The molecule has 200 valence electrons. The number of pyridine rings is 1. The van der Waals surface area contributed by atoms with E-state index in [1.165, 1.54) is 17.4 Å². The Morgan fingerprint density at radius 3 is 2.24 bits per heavy atom. The van der Waals surface area contributed by atoms with E-state index in [-0.39, 0.29) is 11.4 Å². The molecular formula is C32H41N4O2+. The Morgan fingerprint density at radius 1 is 1.00 bits per heavy atom. The van der Waals surface area contributed by atoms with Crippen LogP contribution in [0.3, 0.4) is 0 Å². The van der Waals surface area contributed by atoms with Crippen molar-refractivity contribution in [3.8, 4) is 0 Å².